The molecule has 2 saturated carbocycles. The zero-order valence-electron chi connectivity index (χ0n) is 12.1. The van der Waals surface area contributed by atoms with Gasteiger partial charge in [0.15, 0.2) is 0 Å². The molecular formula is C16H25NO3. The highest BCUT2D eigenvalue weighted by atomic mass is 16.4. The van der Waals surface area contributed by atoms with E-state index in [2.05, 4.69) is 4.90 Å². The van der Waals surface area contributed by atoms with Gasteiger partial charge in [0.25, 0.3) is 0 Å². The summed E-state index contributed by atoms with van der Waals surface area (Å²) in [5, 5.41) is 8.72. The molecular weight excluding hydrogens is 254 g/mol. The molecule has 3 atom stereocenters. The van der Waals surface area contributed by atoms with Crippen LogP contribution in [-0.2, 0) is 9.59 Å². The predicted octanol–water partition coefficient (Wildman–Crippen LogP) is 2.53. The molecule has 1 saturated heterocycles. The van der Waals surface area contributed by atoms with Crippen LogP contribution >= 0.6 is 0 Å². The van der Waals surface area contributed by atoms with Gasteiger partial charge in [-0.3, -0.25) is 9.59 Å². The summed E-state index contributed by atoms with van der Waals surface area (Å²) in [4.78, 5) is 25.3. The van der Waals surface area contributed by atoms with E-state index in [9.17, 15) is 9.59 Å². The van der Waals surface area contributed by atoms with Crippen LogP contribution in [0.25, 0.3) is 0 Å². The minimum Gasteiger partial charge on any atom is -0.481 e. The first-order chi connectivity index (χ1) is 9.63. The number of hydrogen-bond acceptors (Lipinski definition) is 2. The maximum absolute atomic E-state index is 12.6. The van der Waals surface area contributed by atoms with Crippen LogP contribution in [0.1, 0.15) is 51.4 Å². The van der Waals surface area contributed by atoms with Gasteiger partial charge in [-0.2, -0.15) is 0 Å². The highest BCUT2D eigenvalue weighted by Crippen LogP contribution is 2.49. The Morgan fingerprint density at radius 3 is 2.35 bits per heavy atom. The lowest BCUT2D eigenvalue weighted by Gasteiger charge is -2.35. The lowest BCUT2D eigenvalue weighted by atomic mass is 9.86. The summed E-state index contributed by atoms with van der Waals surface area (Å²) in [6.45, 7) is 1.69. The van der Waals surface area contributed by atoms with Gasteiger partial charge in [0, 0.05) is 25.4 Å². The van der Waals surface area contributed by atoms with E-state index in [1.54, 1.807) is 0 Å². The quantitative estimate of drug-likeness (QED) is 0.860. The van der Waals surface area contributed by atoms with E-state index in [-0.39, 0.29) is 6.42 Å². The summed E-state index contributed by atoms with van der Waals surface area (Å²) >= 11 is 0. The van der Waals surface area contributed by atoms with Crippen LogP contribution in [-0.4, -0.2) is 35.0 Å². The van der Waals surface area contributed by atoms with E-state index < -0.39 is 5.97 Å². The summed E-state index contributed by atoms with van der Waals surface area (Å²) in [5.74, 6) is 1.98. The third-order valence-corrected chi connectivity index (χ3v) is 5.75. The molecule has 4 nitrogen and oxygen atoms in total. The van der Waals surface area contributed by atoms with E-state index in [0.717, 1.165) is 44.7 Å². The number of carbonyl (C=O) groups excluding carboxylic acids is 1. The fourth-order valence-corrected chi connectivity index (χ4v) is 4.55. The minimum absolute atomic E-state index is 0.269. The lowest BCUT2D eigenvalue weighted by molar-refractivity contribution is -0.140. The van der Waals surface area contributed by atoms with E-state index in [0.29, 0.717) is 23.7 Å². The summed E-state index contributed by atoms with van der Waals surface area (Å²) in [5.41, 5.74) is 0. The Kier molecular flexibility index (Phi) is 3.99. The minimum atomic E-state index is -0.703. The Morgan fingerprint density at radius 1 is 1.05 bits per heavy atom. The first-order valence-corrected chi connectivity index (χ1v) is 8.14. The molecule has 1 aliphatic heterocycles. The normalized spacial score (nSPS) is 33.6. The standard InChI is InChI=1S/C16H25NO3/c18-15(19)4-2-11-5-7-17(8-6-11)16(20)14-10-12-1-3-13(14)9-12/h11-14H,1-10H2,(H,18,19). The zero-order valence-corrected chi connectivity index (χ0v) is 12.1. The predicted molar refractivity (Wildman–Crippen MR) is 75.1 cm³/mol. The summed E-state index contributed by atoms with van der Waals surface area (Å²) in [6.07, 6.45) is 8.02. The van der Waals surface area contributed by atoms with Gasteiger partial charge in [-0.15, -0.1) is 0 Å². The van der Waals surface area contributed by atoms with Gasteiger partial charge in [0.1, 0.15) is 0 Å². The average molecular weight is 279 g/mol. The van der Waals surface area contributed by atoms with Crippen molar-refractivity contribution in [3.8, 4) is 0 Å². The molecule has 0 spiro atoms. The Bertz CT molecular complexity index is 387. The second-order valence-corrected chi connectivity index (χ2v) is 6.98. The van der Waals surface area contributed by atoms with Gasteiger partial charge < -0.3 is 10.0 Å². The molecule has 20 heavy (non-hydrogen) atoms. The number of hydrogen-bond donors (Lipinski definition) is 1. The number of nitrogens with zero attached hydrogens (tertiary/aromatic N) is 1. The lowest BCUT2D eigenvalue weighted by Crippen LogP contribution is -2.43. The van der Waals surface area contributed by atoms with Gasteiger partial charge in [-0.05, 0) is 56.3 Å². The molecule has 3 rings (SSSR count). The van der Waals surface area contributed by atoms with Crippen LogP contribution < -0.4 is 0 Å². The molecule has 0 radical (unpaired) electrons. The van der Waals surface area contributed by atoms with Crippen molar-refractivity contribution in [2.24, 2.45) is 23.7 Å². The van der Waals surface area contributed by atoms with Crippen molar-refractivity contribution in [1.82, 2.24) is 4.90 Å². The molecule has 0 aromatic carbocycles. The summed E-state index contributed by atoms with van der Waals surface area (Å²) in [7, 11) is 0. The highest BCUT2D eigenvalue weighted by Gasteiger charge is 2.44. The van der Waals surface area contributed by atoms with Crippen molar-refractivity contribution >= 4 is 11.9 Å². The number of likely N-dealkylation sites (tertiary alicyclic amines) is 1. The maximum atomic E-state index is 12.6. The topological polar surface area (TPSA) is 57.6 Å². The molecule has 4 heteroatoms. The molecule has 0 aromatic heterocycles. The molecule has 3 fully saturated rings. The van der Waals surface area contributed by atoms with Crippen molar-refractivity contribution in [2.45, 2.75) is 51.4 Å². The van der Waals surface area contributed by atoms with Crippen LogP contribution in [0.5, 0.6) is 0 Å². The van der Waals surface area contributed by atoms with Crippen molar-refractivity contribution in [3.63, 3.8) is 0 Å². The first-order valence-electron chi connectivity index (χ1n) is 8.14. The molecule has 2 bridgehead atoms. The average Bonchev–Trinajstić information content (AvgIpc) is 3.07. The molecule has 1 N–H and O–H groups in total. The number of carboxylic acid groups (broad SMARTS) is 1. The fraction of sp³-hybridized carbons (Fsp3) is 0.875. The molecule has 3 aliphatic rings. The van der Waals surface area contributed by atoms with E-state index in [1.165, 1.54) is 19.3 Å². The van der Waals surface area contributed by atoms with Gasteiger partial charge in [-0.1, -0.05) is 6.42 Å². The largest absolute Gasteiger partial charge is 0.481 e. The zero-order chi connectivity index (χ0) is 14.1. The molecule has 0 aromatic rings. The van der Waals surface area contributed by atoms with E-state index in [4.69, 9.17) is 5.11 Å². The Hall–Kier alpha value is -1.06. The van der Waals surface area contributed by atoms with Crippen molar-refractivity contribution in [2.75, 3.05) is 13.1 Å². The third-order valence-electron chi connectivity index (χ3n) is 5.75. The molecule has 2 aliphatic carbocycles. The van der Waals surface area contributed by atoms with E-state index in [1.807, 2.05) is 0 Å². The SMILES string of the molecule is O=C(O)CCC1CCN(C(=O)C2CC3CCC2C3)CC1. The Balaban J connectivity index is 1.46. The van der Waals surface area contributed by atoms with Crippen LogP contribution in [0.2, 0.25) is 0 Å². The van der Waals surface area contributed by atoms with Gasteiger partial charge >= 0.3 is 5.97 Å². The Morgan fingerprint density at radius 2 is 1.80 bits per heavy atom. The summed E-state index contributed by atoms with van der Waals surface area (Å²) < 4.78 is 0. The first kappa shape index (κ1) is 13.9. The molecule has 1 heterocycles. The van der Waals surface area contributed by atoms with Crippen molar-refractivity contribution in [3.05, 3.63) is 0 Å². The van der Waals surface area contributed by atoms with Gasteiger partial charge in [0.05, 0.1) is 0 Å². The van der Waals surface area contributed by atoms with Crippen molar-refractivity contribution < 1.29 is 14.7 Å². The van der Waals surface area contributed by atoms with Crippen LogP contribution in [0.4, 0.5) is 0 Å². The van der Waals surface area contributed by atoms with Crippen LogP contribution in [0.3, 0.4) is 0 Å². The van der Waals surface area contributed by atoms with Gasteiger partial charge in [0.2, 0.25) is 5.91 Å². The molecule has 3 unspecified atom stereocenters. The molecule has 112 valence electrons. The van der Waals surface area contributed by atoms with E-state index >= 15 is 0 Å². The van der Waals surface area contributed by atoms with Crippen LogP contribution in [0.15, 0.2) is 0 Å². The Labute approximate surface area is 120 Å². The highest BCUT2D eigenvalue weighted by molar-refractivity contribution is 5.79. The van der Waals surface area contributed by atoms with Crippen LogP contribution in [0, 0.1) is 23.7 Å². The smallest absolute Gasteiger partial charge is 0.303 e. The number of rotatable bonds is 4. The number of aliphatic carboxylic acids is 1. The number of carboxylic acids is 1. The summed E-state index contributed by atoms with van der Waals surface area (Å²) in [6, 6.07) is 0. The third kappa shape index (κ3) is 2.84. The number of piperidine rings is 1. The monoisotopic (exact) mass is 279 g/mol. The fourth-order valence-electron chi connectivity index (χ4n) is 4.55. The van der Waals surface area contributed by atoms with Gasteiger partial charge in [-0.25, -0.2) is 0 Å². The number of carbonyl (C=O) groups is 2. The second-order valence-electron chi connectivity index (χ2n) is 6.98. The van der Waals surface area contributed by atoms with Crippen molar-refractivity contribution in [1.29, 1.82) is 0 Å². The molecule has 1 amide bonds. The number of fused-ring (bicyclic) bond motifs is 2. The second kappa shape index (κ2) is 5.74. The number of amides is 1. The maximum Gasteiger partial charge on any atom is 0.303 e.